The maximum absolute atomic E-state index is 15.0. The Morgan fingerprint density at radius 1 is 1.11 bits per heavy atom. The van der Waals surface area contributed by atoms with Gasteiger partial charge in [-0.15, -0.1) is 0 Å². The van der Waals surface area contributed by atoms with Crippen molar-refractivity contribution in [2.24, 2.45) is 5.92 Å². The van der Waals surface area contributed by atoms with Crippen LogP contribution in [0.3, 0.4) is 0 Å². The smallest absolute Gasteiger partial charge is 0.248 e. The third kappa shape index (κ3) is 3.85. The lowest BCUT2D eigenvalue weighted by atomic mass is 9.77. The maximum Gasteiger partial charge on any atom is 0.248 e. The summed E-state index contributed by atoms with van der Waals surface area (Å²) < 4.78 is 49.0. The minimum atomic E-state index is -2.58. The summed E-state index contributed by atoms with van der Waals surface area (Å²) in [6.07, 6.45) is 4.71. The van der Waals surface area contributed by atoms with Crippen LogP contribution in [0.15, 0.2) is 42.9 Å². The lowest BCUT2D eigenvalue weighted by molar-refractivity contribution is -0.122. The fourth-order valence-corrected chi connectivity index (χ4v) is 4.79. The third-order valence-electron chi connectivity index (χ3n) is 6.63. The van der Waals surface area contributed by atoms with Crippen LogP contribution in [0.4, 0.5) is 13.2 Å². The van der Waals surface area contributed by atoms with E-state index in [1.165, 1.54) is 6.07 Å². The van der Waals surface area contributed by atoms with Crippen LogP contribution in [-0.2, 0) is 0 Å². The highest BCUT2D eigenvalue weighted by Crippen LogP contribution is 2.47. The van der Waals surface area contributed by atoms with Gasteiger partial charge >= 0.3 is 0 Å². The van der Waals surface area contributed by atoms with Gasteiger partial charge in [0, 0.05) is 24.6 Å². The number of ether oxygens (including phenoxy) is 1. The molecule has 0 aliphatic heterocycles. The van der Waals surface area contributed by atoms with Gasteiger partial charge < -0.3 is 9.72 Å². The lowest BCUT2D eigenvalue weighted by Gasteiger charge is -2.38. The summed E-state index contributed by atoms with van der Waals surface area (Å²) in [4.78, 5) is 16.2. The number of halogens is 4. The molecule has 5 aromatic rings. The predicted octanol–water partition coefficient (Wildman–Crippen LogP) is 6.87. The summed E-state index contributed by atoms with van der Waals surface area (Å²) in [5, 5.41) is 4.53. The molecule has 0 radical (unpaired) electrons. The molecule has 1 N–H and O–H groups in total. The highest BCUT2D eigenvalue weighted by Gasteiger charge is 2.47. The summed E-state index contributed by atoms with van der Waals surface area (Å²) in [5.41, 5.74) is 2.85. The zero-order valence-corrected chi connectivity index (χ0v) is 20.0. The zero-order chi connectivity index (χ0) is 25.2. The van der Waals surface area contributed by atoms with Crippen LogP contribution >= 0.6 is 11.6 Å². The molecule has 2 aromatic carbocycles. The summed E-state index contributed by atoms with van der Waals surface area (Å²) >= 11 is 6.61. The van der Waals surface area contributed by atoms with Crippen molar-refractivity contribution in [1.29, 1.82) is 0 Å². The average molecular weight is 513 g/mol. The molecule has 11 heteroatoms. The predicted molar refractivity (Wildman–Crippen MR) is 129 cm³/mol. The Hall–Kier alpha value is -3.66. The number of aromatic amines is 1. The molecular formula is C25H20ClF3N6O. The molecule has 1 aliphatic carbocycles. The SMILES string of the molecule is Cc1nc2c(F)c(Oc3ccc4ncc(-c5cnn([C@@H](C)C6CC(F)(F)C6)c5)nc4c3Cl)ccc2[nH]1. The van der Waals surface area contributed by atoms with Crippen LogP contribution in [-0.4, -0.2) is 35.6 Å². The molecule has 36 heavy (non-hydrogen) atoms. The molecule has 1 fully saturated rings. The molecule has 7 nitrogen and oxygen atoms in total. The molecule has 0 spiro atoms. The third-order valence-corrected chi connectivity index (χ3v) is 7.00. The van der Waals surface area contributed by atoms with E-state index in [9.17, 15) is 13.2 Å². The Morgan fingerprint density at radius 3 is 2.67 bits per heavy atom. The van der Waals surface area contributed by atoms with Crippen molar-refractivity contribution in [2.75, 3.05) is 0 Å². The van der Waals surface area contributed by atoms with Gasteiger partial charge in [0.25, 0.3) is 0 Å². The van der Waals surface area contributed by atoms with E-state index in [0.29, 0.717) is 33.6 Å². The molecule has 0 saturated heterocycles. The van der Waals surface area contributed by atoms with Gasteiger partial charge in [0.2, 0.25) is 5.92 Å². The number of benzene rings is 2. The number of aromatic nitrogens is 6. The summed E-state index contributed by atoms with van der Waals surface area (Å²) in [5.74, 6) is -2.52. The molecule has 3 aromatic heterocycles. The molecule has 1 saturated carbocycles. The number of hydrogen-bond donors (Lipinski definition) is 1. The molecule has 3 heterocycles. The Bertz CT molecular complexity index is 1620. The number of nitrogens with one attached hydrogen (secondary N) is 1. The van der Waals surface area contributed by atoms with E-state index in [0.717, 1.165) is 0 Å². The van der Waals surface area contributed by atoms with E-state index >= 15 is 0 Å². The maximum atomic E-state index is 15.0. The van der Waals surface area contributed by atoms with Crippen molar-refractivity contribution in [3.05, 3.63) is 59.5 Å². The van der Waals surface area contributed by atoms with E-state index < -0.39 is 11.7 Å². The van der Waals surface area contributed by atoms with E-state index in [1.807, 2.05) is 6.92 Å². The van der Waals surface area contributed by atoms with Crippen molar-refractivity contribution >= 4 is 33.7 Å². The molecule has 1 aliphatic rings. The number of nitrogens with zero attached hydrogens (tertiary/aromatic N) is 5. The highest BCUT2D eigenvalue weighted by atomic mass is 35.5. The molecule has 184 valence electrons. The monoisotopic (exact) mass is 512 g/mol. The van der Waals surface area contributed by atoms with E-state index in [2.05, 4.69) is 25.0 Å². The molecule has 1 atom stereocenters. The Labute approximate surface area is 208 Å². The van der Waals surface area contributed by atoms with Crippen LogP contribution in [0, 0.1) is 18.7 Å². The first-order valence-electron chi connectivity index (χ1n) is 11.4. The average Bonchev–Trinajstić information content (AvgIpc) is 3.47. The van der Waals surface area contributed by atoms with E-state index in [1.54, 1.807) is 48.4 Å². The van der Waals surface area contributed by atoms with Gasteiger partial charge in [-0.1, -0.05) is 11.6 Å². The van der Waals surface area contributed by atoms with Gasteiger partial charge in [0.1, 0.15) is 27.6 Å². The van der Waals surface area contributed by atoms with Crippen molar-refractivity contribution in [2.45, 2.75) is 38.7 Å². The molecular weight excluding hydrogens is 493 g/mol. The summed E-state index contributed by atoms with van der Waals surface area (Å²) in [6.45, 7) is 3.62. The zero-order valence-electron chi connectivity index (χ0n) is 19.3. The largest absolute Gasteiger partial charge is 0.453 e. The minimum absolute atomic E-state index is 0.0174. The second-order valence-corrected chi connectivity index (χ2v) is 9.55. The molecule has 0 unspecified atom stereocenters. The van der Waals surface area contributed by atoms with E-state index in [-0.39, 0.29) is 46.8 Å². The first-order chi connectivity index (χ1) is 17.2. The van der Waals surface area contributed by atoms with Crippen LogP contribution in [0.25, 0.3) is 33.3 Å². The van der Waals surface area contributed by atoms with Gasteiger partial charge in [-0.25, -0.2) is 23.1 Å². The number of fused-ring (bicyclic) bond motifs is 2. The first-order valence-corrected chi connectivity index (χ1v) is 11.8. The lowest BCUT2D eigenvalue weighted by Crippen LogP contribution is -2.39. The number of hydrogen-bond acceptors (Lipinski definition) is 5. The first kappa shape index (κ1) is 22.8. The fraction of sp³-hybridized carbons (Fsp3) is 0.280. The molecule has 6 rings (SSSR count). The quantitative estimate of drug-likeness (QED) is 0.278. The summed E-state index contributed by atoms with van der Waals surface area (Å²) in [6, 6.07) is 6.31. The van der Waals surface area contributed by atoms with Crippen molar-refractivity contribution in [1.82, 2.24) is 29.7 Å². The van der Waals surface area contributed by atoms with Crippen LogP contribution in [0.5, 0.6) is 11.5 Å². The number of imidazole rings is 1. The van der Waals surface area contributed by atoms with Gasteiger partial charge in [0.05, 0.1) is 35.2 Å². The topological polar surface area (TPSA) is 81.5 Å². The number of rotatable bonds is 5. The van der Waals surface area contributed by atoms with Crippen molar-refractivity contribution < 1.29 is 17.9 Å². The van der Waals surface area contributed by atoms with Crippen LogP contribution in [0.2, 0.25) is 5.02 Å². The van der Waals surface area contributed by atoms with Crippen molar-refractivity contribution in [3.63, 3.8) is 0 Å². The second-order valence-electron chi connectivity index (χ2n) is 9.17. The van der Waals surface area contributed by atoms with Gasteiger partial charge in [-0.2, -0.15) is 5.10 Å². The van der Waals surface area contributed by atoms with E-state index in [4.69, 9.17) is 16.3 Å². The van der Waals surface area contributed by atoms with Gasteiger partial charge in [0.15, 0.2) is 11.6 Å². The number of H-pyrrole nitrogens is 1. The molecule has 0 amide bonds. The minimum Gasteiger partial charge on any atom is -0.453 e. The molecule has 0 bridgehead atoms. The Kier molecular flexibility index (Phi) is 5.18. The fourth-order valence-electron chi connectivity index (χ4n) is 4.55. The second kappa shape index (κ2) is 8.19. The normalized spacial score (nSPS) is 16.4. The standard InChI is InChI=1S/C25H20ClF3N6O/c1-12(14-7-25(28,29)8-14)35-11-15(9-31-35)18-10-30-16-3-5-19(21(26)23(16)34-18)36-20-6-4-17-24(22(20)27)33-13(2)32-17/h3-6,9-12,14H,7-8H2,1-2H3,(H,32,33)/t12-/m0/s1. The van der Waals surface area contributed by atoms with Crippen LogP contribution in [0.1, 0.15) is 31.6 Å². The van der Waals surface area contributed by atoms with Gasteiger partial charge in [-0.3, -0.25) is 9.67 Å². The Balaban J connectivity index is 1.30. The van der Waals surface area contributed by atoms with Gasteiger partial charge in [-0.05, 0) is 44.0 Å². The van der Waals surface area contributed by atoms with Crippen LogP contribution < -0.4 is 4.74 Å². The highest BCUT2D eigenvalue weighted by molar-refractivity contribution is 6.36. The van der Waals surface area contributed by atoms with Crippen molar-refractivity contribution in [3.8, 4) is 22.8 Å². The summed E-state index contributed by atoms with van der Waals surface area (Å²) in [7, 11) is 0. The number of alkyl halides is 2. The number of aryl methyl sites for hydroxylation is 1. The Morgan fingerprint density at radius 2 is 1.89 bits per heavy atom.